The Kier molecular flexibility index (Phi) is 6.83. The Bertz CT molecular complexity index is 610. The molecule has 0 aliphatic carbocycles. The molecule has 2 N–H and O–H groups in total. The molecule has 0 bridgehead atoms. The minimum Gasteiger partial charge on any atom is -0.374 e. The molecule has 1 aliphatic heterocycles. The van der Waals surface area contributed by atoms with Gasteiger partial charge >= 0.3 is 0 Å². The summed E-state index contributed by atoms with van der Waals surface area (Å²) in [5, 5.41) is 5.94. The summed E-state index contributed by atoms with van der Waals surface area (Å²) in [4.78, 5) is 12.5. The average molecular weight is 332 g/mol. The summed E-state index contributed by atoms with van der Waals surface area (Å²) in [6, 6.07) is 5.52. The molecule has 1 aliphatic rings. The molecule has 0 saturated heterocycles. The van der Waals surface area contributed by atoms with E-state index in [9.17, 15) is 9.18 Å². The van der Waals surface area contributed by atoms with Gasteiger partial charge in [-0.1, -0.05) is 44.9 Å². The van der Waals surface area contributed by atoms with Crippen molar-refractivity contribution in [3.05, 3.63) is 40.7 Å². The number of hydrogen-bond donors (Lipinski definition) is 2. The maximum atomic E-state index is 13.1. The van der Waals surface area contributed by atoms with E-state index in [0.717, 1.165) is 31.2 Å². The molecule has 0 amide bonds. The van der Waals surface area contributed by atoms with E-state index in [2.05, 4.69) is 36.6 Å². The number of hydrogen-bond acceptors (Lipinski definition) is 3. The summed E-state index contributed by atoms with van der Waals surface area (Å²) in [5.41, 5.74) is 4.17. The van der Waals surface area contributed by atoms with Crippen LogP contribution in [0.5, 0.6) is 0 Å². The Hall–Kier alpha value is -1.84. The minimum absolute atomic E-state index is 0.162. The van der Waals surface area contributed by atoms with Crippen LogP contribution in [-0.4, -0.2) is 25.5 Å². The summed E-state index contributed by atoms with van der Waals surface area (Å²) < 4.78 is 13.1. The van der Waals surface area contributed by atoms with Crippen LogP contribution in [0.15, 0.2) is 24.0 Å². The van der Waals surface area contributed by atoms with Gasteiger partial charge in [-0.2, -0.15) is 0 Å². The summed E-state index contributed by atoms with van der Waals surface area (Å²) in [7, 11) is 1.75. The van der Waals surface area contributed by atoms with E-state index in [1.807, 2.05) is 6.07 Å². The lowest BCUT2D eigenvalue weighted by Gasteiger charge is -2.13. The highest BCUT2D eigenvalue weighted by atomic mass is 19.1. The van der Waals surface area contributed by atoms with Crippen LogP contribution in [0.3, 0.4) is 0 Å². The molecule has 3 nitrogen and oxygen atoms in total. The molecule has 0 aromatic heterocycles. The lowest BCUT2D eigenvalue weighted by Crippen LogP contribution is -2.33. The van der Waals surface area contributed by atoms with Gasteiger partial charge < -0.3 is 10.6 Å². The van der Waals surface area contributed by atoms with E-state index >= 15 is 0 Å². The van der Waals surface area contributed by atoms with Gasteiger partial charge in [0.1, 0.15) is 18.5 Å². The van der Waals surface area contributed by atoms with Crippen LogP contribution >= 0.6 is 0 Å². The number of carbonyl (C=O) groups excluding carboxylic acids is 1. The first-order chi connectivity index (χ1) is 11.7. The van der Waals surface area contributed by atoms with Gasteiger partial charge in [0.15, 0.2) is 5.78 Å². The maximum absolute atomic E-state index is 13.1. The molecule has 1 aromatic carbocycles. The Balaban J connectivity index is 2.37. The number of ketones is 1. The zero-order chi connectivity index (χ0) is 17.5. The maximum Gasteiger partial charge on any atom is 0.191 e. The van der Waals surface area contributed by atoms with Gasteiger partial charge in [-0.3, -0.25) is 4.79 Å². The third-order valence-electron chi connectivity index (χ3n) is 4.63. The fourth-order valence-electron chi connectivity index (χ4n) is 3.19. The van der Waals surface area contributed by atoms with Crippen molar-refractivity contribution in [1.29, 1.82) is 0 Å². The Labute approximate surface area is 144 Å². The van der Waals surface area contributed by atoms with Gasteiger partial charge in [-0.15, -0.1) is 0 Å². The fourth-order valence-corrected chi connectivity index (χ4v) is 3.19. The van der Waals surface area contributed by atoms with Crippen LogP contribution in [0.25, 0.3) is 5.57 Å². The number of carbonyl (C=O) groups is 1. The van der Waals surface area contributed by atoms with E-state index < -0.39 is 12.7 Å². The van der Waals surface area contributed by atoms with Crippen molar-refractivity contribution in [2.24, 2.45) is 0 Å². The molecule has 2 rings (SSSR count). The highest BCUT2D eigenvalue weighted by Gasteiger charge is 2.33. The number of aryl methyl sites for hydroxylation is 2. The molecule has 1 aromatic rings. The van der Waals surface area contributed by atoms with Crippen LogP contribution in [0, 0.1) is 0 Å². The van der Waals surface area contributed by atoms with Crippen molar-refractivity contribution in [3.8, 4) is 0 Å². The second-order valence-electron chi connectivity index (χ2n) is 6.41. The first-order valence-electron chi connectivity index (χ1n) is 9.07. The van der Waals surface area contributed by atoms with E-state index in [4.69, 9.17) is 0 Å². The van der Waals surface area contributed by atoms with Gasteiger partial charge in [0.2, 0.25) is 0 Å². The summed E-state index contributed by atoms with van der Waals surface area (Å²) >= 11 is 0. The summed E-state index contributed by atoms with van der Waals surface area (Å²) in [5.74, 6) is 0.468. The number of alkyl halides is 1. The van der Waals surface area contributed by atoms with Crippen molar-refractivity contribution >= 4 is 11.4 Å². The van der Waals surface area contributed by atoms with Crippen LogP contribution in [-0.2, 0) is 17.6 Å². The van der Waals surface area contributed by atoms with Gasteiger partial charge in [0, 0.05) is 7.05 Å². The van der Waals surface area contributed by atoms with Gasteiger partial charge in [-0.05, 0) is 42.4 Å². The number of rotatable bonds is 9. The summed E-state index contributed by atoms with van der Waals surface area (Å²) in [6.45, 7) is 3.70. The van der Waals surface area contributed by atoms with Gasteiger partial charge in [0.25, 0.3) is 0 Å². The van der Waals surface area contributed by atoms with Crippen LogP contribution < -0.4 is 10.6 Å². The largest absolute Gasteiger partial charge is 0.374 e. The molecular formula is C20H29FN2O. The molecule has 1 unspecified atom stereocenters. The first kappa shape index (κ1) is 18.5. The zero-order valence-corrected chi connectivity index (χ0v) is 15.0. The lowest BCUT2D eigenvalue weighted by atomic mass is 9.92. The molecule has 1 heterocycles. The third-order valence-corrected chi connectivity index (χ3v) is 4.63. The number of halogens is 1. The van der Waals surface area contributed by atoms with Crippen molar-refractivity contribution in [2.45, 2.75) is 58.4 Å². The quantitative estimate of drug-likeness (QED) is 0.723. The van der Waals surface area contributed by atoms with Crippen molar-refractivity contribution in [1.82, 2.24) is 10.6 Å². The van der Waals surface area contributed by atoms with E-state index in [-0.39, 0.29) is 5.78 Å². The normalized spacial score (nSPS) is 17.3. The number of unbranched alkanes of at least 4 members (excludes halogenated alkanes) is 2. The lowest BCUT2D eigenvalue weighted by molar-refractivity contribution is -0.115. The Morgan fingerprint density at radius 3 is 2.38 bits per heavy atom. The van der Waals surface area contributed by atoms with Crippen LogP contribution in [0.1, 0.15) is 56.2 Å². The monoisotopic (exact) mass is 332 g/mol. The minimum atomic E-state index is -0.763. The smallest absolute Gasteiger partial charge is 0.191 e. The predicted octanol–water partition coefficient (Wildman–Crippen LogP) is 3.77. The molecule has 0 radical (unpaired) electrons. The third kappa shape index (κ3) is 3.97. The fraction of sp³-hybridized carbons (Fsp3) is 0.550. The standard InChI is InChI=1S/C20H29FN2O/c1-4-6-8-14-10-11-16(12-15(14)9-7-5-2)18-19(24)17(13-21)23-20(18)22-3/h10-12,17,22-23H,4-9,13H2,1-3H3. The molecule has 4 heteroatoms. The number of Topliss-reactive ketones (excluding diaryl/α,β-unsaturated/α-hetero) is 1. The molecule has 0 fully saturated rings. The number of nitrogens with one attached hydrogen (secondary N) is 2. The van der Waals surface area contributed by atoms with Crippen LogP contribution in [0.2, 0.25) is 0 Å². The zero-order valence-electron chi connectivity index (χ0n) is 15.0. The topological polar surface area (TPSA) is 41.1 Å². The second-order valence-corrected chi connectivity index (χ2v) is 6.41. The highest BCUT2D eigenvalue weighted by Crippen LogP contribution is 2.28. The predicted molar refractivity (Wildman–Crippen MR) is 97.6 cm³/mol. The molecule has 0 saturated carbocycles. The number of benzene rings is 1. The van der Waals surface area contributed by atoms with E-state index in [1.54, 1.807) is 7.05 Å². The van der Waals surface area contributed by atoms with E-state index in [0.29, 0.717) is 11.4 Å². The Morgan fingerprint density at radius 1 is 1.12 bits per heavy atom. The SMILES string of the molecule is CCCCc1ccc(C2=C(NC)NC(CF)C2=O)cc1CCCC. The van der Waals surface area contributed by atoms with E-state index in [1.165, 1.54) is 24.0 Å². The summed E-state index contributed by atoms with van der Waals surface area (Å²) in [6.07, 6.45) is 6.73. The van der Waals surface area contributed by atoms with Crippen molar-refractivity contribution in [2.75, 3.05) is 13.7 Å². The van der Waals surface area contributed by atoms with Crippen molar-refractivity contribution < 1.29 is 9.18 Å². The van der Waals surface area contributed by atoms with Gasteiger partial charge in [0.05, 0.1) is 5.57 Å². The molecule has 24 heavy (non-hydrogen) atoms. The molecule has 132 valence electrons. The molecule has 1 atom stereocenters. The van der Waals surface area contributed by atoms with Crippen LogP contribution in [0.4, 0.5) is 4.39 Å². The van der Waals surface area contributed by atoms with Crippen molar-refractivity contribution in [3.63, 3.8) is 0 Å². The average Bonchev–Trinajstić information content (AvgIpc) is 2.94. The van der Waals surface area contributed by atoms with Gasteiger partial charge in [-0.25, -0.2) is 4.39 Å². The molecular weight excluding hydrogens is 303 g/mol. The molecule has 0 spiro atoms. The second kappa shape index (κ2) is 8.86. The highest BCUT2D eigenvalue weighted by molar-refractivity contribution is 6.26. The first-order valence-corrected chi connectivity index (χ1v) is 9.07. The Morgan fingerprint density at radius 2 is 1.79 bits per heavy atom.